The SMILES string of the molecule is C[C@@H](NC1CC(C(=O)Nc2ccc(C(=O)O)cc2)C1)c1cccc2ccccc12. The maximum atomic E-state index is 12.4. The van der Waals surface area contributed by atoms with Gasteiger partial charge in [-0.05, 0) is 60.4 Å². The van der Waals surface area contributed by atoms with Gasteiger partial charge in [-0.15, -0.1) is 0 Å². The van der Waals surface area contributed by atoms with Crippen LogP contribution in [0.25, 0.3) is 10.8 Å². The smallest absolute Gasteiger partial charge is 0.335 e. The van der Waals surface area contributed by atoms with Gasteiger partial charge in [0.05, 0.1) is 5.56 Å². The number of carbonyl (C=O) groups excluding carboxylic acids is 1. The zero-order valence-electron chi connectivity index (χ0n) is 16.3. The van der Waals surface area contributed by atoms with Crippen molar-refractivity contribution in [1.29, 1.82) is 0 Å². The Labute approximate surface area is 169 Å². The van der Waals surface area contributed by atoms with E-state index in [1.165, 1.54) is 28.5 Å². The van der Waals surface area contributed by atoms with Gasteiger partial charge in [-0.1, -0.05) is 42.5 Å². The fraction of sp³-hybridized carbons (Fsp3) is 0.250. The number of amides is 1. The molecular weight excluding hydrogens is 364 g/mol. The summed E-state index contributed by atoms with van der Waals surface area (Å²) in [5.41, 5.74) is 2.10. The third kappa shape index (κ3) is 4.15. The first-order valence-corrected chi connectivity index (χ1v) is 9.89. The minimum Gasteiger partial charge on any atom is -0.478 e. The summed E-state index contributed by atoms with van der Waals surface area (Å²) in [4.78, 5) is 23.3. The predicted octanol–water partition coefficient (Wildman–Crippen LogP) is 4.61. The predicted molar refractivity (Wildman–Crippen MR) is 114 cm³/mol. The van der Waals surface area contributed by atoms with Gasteiger partial charge in [0.1, 0.15) is 0 Å². The molecule has 148 valence electrons. The van der Waals surface area contributed by atoms with Crippen LogP contribution in [-0.4, -0.2) is 23.0 Å². The Morgan fingerprint density at radius 1 is 0.966 bits per heavy atom. The molecule has 0 heterocycles. The third-order valence-electron chi connectivity index (χ3n) is 5.68. The largest absolute Gasteiger partial charge is 0.478 e. The Morgan fingerprint density at radius 3 is 2.38 bits per heavy atom. The van der Waals surface area contributed by atoms with Crippen molar-refractivity contribution < 1.29 is 14.7 Å². The van der Waals surface area contributed by atoms with Gasteiger partial charge in [0.25, 0.3) is 0 Å². The van der Waals surface area contributed by atoms with E-state index in [2.05, 4.69) is 60.0 Å². The molecule has 1 aliphatic rings. The molecule has 1 amide bonds. The molecule has 1 saturated carbocycles. The summed E-state index contributed by atoms with van der Waals surface area (Å²) in [5.74, 6) is -1.01. The molecule has 3 aromatic carbocycles. The van der Waals surface area contributed by atoms with E-state index in [0.29, 0.717) is 11.7 Å². The molecule has 0 bridgehead atoms. The number of benzene rings is 3. The number of nitrogens with one attached hydrogen (secondary N) is 2. The fourth-order valence-corrected chi connectivity index (χ4v) is 3.98. The van der Waals surface area contributed by atoms with Crippen LogP contribution in [0.5, 0.6) is 0 Å². The lowest BCUT2D eigenvalue weighted by Gasteiger charge is -2.37. The van der Waals surface area contributed by atoms with Gasteiger partial charge in [-0.2, -0.15) is 0 Å². The molecule has 0 aromatic heterocycles. The quantitative estimate of drug-likeness (QED) is 0.576. The van der Waals surface area contributed by atoms with Crippen molar-refractivity contribution in [3.05, 3.63) is 77.9 Å². The van der Waals surface area contributed by atoms with E-state index < -0.39 is 5.97 Å². The number of fused-ring (bicyclic) bond motifs is 1. The Morgan fingerprint density at radius 2 is 1.66 bits per heavy atom. The second-order valence-electron chi connectivity index (χ2n) is 7.69. The molecule has 0 saturated heterocycles. The molecule has 0 radical (unpaired) electrons. The van der Waals surface area contributed by atoms with E-state index in [1.54, 1.807) is 12.1 Å². The zero-order chi connectivity index (χ0) is 20.4. The molecule has 3 N–H and O–H groups in total. The highest BCUT2D eigenvalue weighted by Crippen LogP contribution is 2.32. The average Bonchev–Trinajstić information content (AvgIpc) is 2.70. The first-order chi connectivity index (χ1) is 14.0. The van der Waals surface area contributed by atoms with E-state index >= 15 is 0 Å². The first-order valence-electron chi connectivity index (χ1n) is 9.89. The van der Waals surface area contributed by atoms with Gasteiger partial charge in [-0.3, -0.25) is 4.79 Å². The number of anilines is 1. The van der Waals surface area contributed by atoms with Crippen molar-refractivity contribution >= 4 is 28.3 Å². The van der Waals surface area contributed by atoms with Crippen LogP contribution < -0.4 is 10.6 Å². The maximum Gasteiger partial charge on any atom is 0.335 e. The molecule has 5 heteroatoms. The molecule has 29 heavy (non-hydrogen) atoms. The number of hydrogen-bond donors (Lipinski definition) is 3. The summed E-state index contributed by atoms with van der Waals surface area (Å²) < 4.78 is 0. The van der Waals surface area contributed by atoms with Crippen LogP contribution in [0.15, 0.2) is 66.7 Å². The van der Waals surface area contributed by atoms with Crippen molar-refractivity contribution in [1.82, 2.24) is 5.32 Å². The summed E-state index contributed by atoms with van der Waals surface area (Å²) in [6.07, 6.45) is 1.60. The second-order valence-corrected chi connectivity index (χ2v) is 7.69. The first kappa shape index (κ1) is 19.2. The Bertz CT molecular complexity index is 1030. The van der Waals surface area contributed by atoms with Crippen molar-refractivity contribution in [2.45, 2.75) is 31.8 Å². The van der Waals surface area contributed by atoms with Crippen molar-refractivity contribution in [2.24, 2.45) is 5.92 Å². The average molecular weight is 388 g/mol. The minimum atomic E-state index is -0.976. The highest BCUT2D eigenvalue weighted by atomic mass is 16.4. The Hall–Kier alpha value is -3.18. The molecular formula is C24H24N2O3. The lowest BCUT2D eigenvalue weighted by atomic mass is 9.79. The van der Waals surface area contributed by atoms with Gasteiger partial charge >= 0.3 is 5.97 Å². The lowest BCUT2D eigenvalue weighted by Crippen LogP contribution is -2.46. The molecule has 3 aromatic rings. The number of aromatic carboxylic acids is 1. The molecule has 5 nitrogen and oxygen atoms in total. The minimum absolute atomic E-state index is 0.0102. The summed E-state index contributed by atoms with van der Waals surface area (Å²) in [6, 6.07) is 21.5. The number of rotatable bonds is 6. The van der Waals surface area contributed by atoms with Crippen LogP contribution in [0, 0.1) is 5.92 Å². The standard InChI is InChI=1S/C24H24N2O3/c1-15(21-8-4-6-16-5-2-3-7-22(16)21)25-20-13-18(14-20)23(27)26-19-11-9-17(10-12-19)24(28)29/h2-12,15,18,20,25H,13-14H2,1H3,(H,26,27)(H,28,29)/t15-,18?,20?/m1/s1. The summed E-state index contributed by atoms with van der Waals surface area (Å²) in [6.45, 7) is 2.17. The summed E-state index contributed by atoms with van der Waals surface area (Å²) >= 11 is 0. The Kier molecular flexibility index (Phi) is 5.32. The summed E-state index contributed by atoms with van der Waals surface area (Å²) in [7, 11) is 0. The molecule has 0 aliphatic heterocycles. The molecule has 1 atom stereocenters. The van der Waals surface area contributed by atoms with Gasteiger partial charge in [0, 0.05) is 23.7 Å². The molecule has 0 spiro atoms. The molecule has 1 fully saturated rings. The second kappa shape index (κ2) is 8.05. The van der Waals surface area contributed by atoms with Crippen LogP contribution in [0.3, 0.4) is 0 Å². The van der Waals surface area contributed by atoms with Gasteiger partial charge in [0.2, 0.25) is 5.91 Å². The van der Waals surface area contributed by atoms with Gasteiger partial charge in [0.15, 0.2) is 0 Å². The van der Waals surface area contributed by atoms with Crippen LogP contribution >= 0.6 is 0 Å². The van der Waals surface area contributed by atoms with Crippen LogP contribution in [0.1, 0.15) is 41.7 Å². The number of carboxylic acid groups (broad SMARTS) is 1. The van der Waals surface area contributed by atoms with E-state index in [-0.39, 0.29) is 23.4 Å². The molecule has 0 unspecified atom stereocenters. The highest BCUT2D eigenvalue weighted by molar-refractivity contribution is 5.94. The molecule has 4 rings (SSSR count). The van der Waals surface area contributed by atoms with Gasteiger partial charge in [-0.25, -0.2) is 4.79 Å². The van der Waals surface area contributed by atoms with Crippen LogP contribution in [-0.2, 0) is 4.79 Å². The topological polar surface area (TPSA) is 78.4 Å². The monoisotopic (exact) mass is 388 g/mol. The van der Waals surface area contributed by atoms with Crippen molar-refractivity contribution in [2.75, 3.05) is 5.32 Å². The van der Waals surface area contributed by atoms with E-state index in [1.807, 2.05) is 0 Å². The number of carbonyl (C=O) groups is 2. The fourth-order valence-electron chi connectivity index (χ4n) is 3.98. The normalized spacial score (nSPS) is 19.3. The zero-order valence-corrected chi connectivity index (χ0v) is 16.3. The molecule has 1 aliphatic carbocycles. The summed E-state index contributed by atoms with van der Waals surface area (Å²) in [5, 5.41) is 18.0. The van der Waals surface area contributed by atoms with E-state index in [4.69, 9.17) is 5.11 Å². The third-order valence-corrected chi connectivity index (χ3v) is 5.68. The highest BCUT2D eigenvalue weighted by Gasteiger charge is 2.35. The van der Waals surface area contributed by atoms with Gasteiger partial charge < -0.3 is 15.7 Å². The number of carboxylic acids is 1. The van der Waals surface area contributed by atoms with E-state index in [0.717, 1.165) is 12.8 Å². The van der Waals surface area contributed by atoms with Crippen LogP contribution in [0.2, 0.25) is 0 Å². The number of hydrogen-bond acceptors (Lipinski definition) is 3. The van der Waals surface area contributed by atoms with Crippen LogP contribution in [0.4, 0.5) is 5.69 Å². The Balaban J connectivity index is 1.31. The van der Waals surface area contributed by atoms with Crippen molar-refractivity contribution in [3.63, 3.8) is 0 Å². The van der Waals surface area contributed by atoms with E-state index in [9.17, 15) is 9.59 Å². The lowest BCUT2D eigenvalue weighted by molar-refractivity contribution is -0.123. The maximum absolute atomic E-state index is 12.4. The van der Waals surface area contributed by atoms with Crippen molar-refractivity contribution in [3.8, 4) is 0 Å².